The van der Waals surface area contributed by atoms with Gasteiger partial charge in [0.2, 0.25) is 5.91 Å². The van der Waals surface area contributed by atoms with Crippen molar-refractivity contribution in [1.82, 2.24) is 0 Å². The Hall–Kier alpha value is -6.39. The molecule has 360 valence electrons. The summed E-state index contributed by atoms with van der Waals surface area (Å²) in [5, 5.41) is 3.54. The molecule has 0 aromatic heterocycles. The van der Waals surface area contributed by atoms with Crippen molar-refractivity contribution in [1.29, 1.82) is 0 Å². The lowest BCUT2D eigenvalue weighted by Crippen LogP contribution is -2.40. The van der Waals surface area contributed by atoms with Crippen LogP contribution in [0, 0.1) is 6.92 Å². The van der Waals surface area contributed by atoms with E-state index in [-0.39, 0.29) is 56.0 Å². The predicted octanol–water partition coefficient (Wildman–Crippen LogP) is 8.56. The van der Waals surface area contributed by atoms with Gasteiger partial charge in [0.25, 0.3) is 11.8 Å². The monoisotopic (exact) mass is 953 g/mol. The van der Waals surface area contributed by atoms with Crippen molar-refractivity contribution in [2.75, 3.05) is 80.4 Å². The number of methoxy groups -OCH3 is 2. The maximum atomic E-state index is 14.2. The summed E-state index contributed by atoms with van der Waals surface area (Å²) in [4.78, 5) is 52.6. The fourth-order valence-corrected chi connectivity index (χ4v) is 9.61. The number of thiol groups is 1. The van der Waals surface area contributed by atoms with Crippen LogP contribution >= 0.6 is 12.6 Å². The molecule has 5 aromatic carbocycles. The number of nitrogens with zero attached hydrogens (tertiary/aromatic N) is 4. The van der Waals surface area contributed by atoms with Gasteiger partial charge in [-0.05, 0) is 97.5 Å². The van der Waals surface area contributed by atoms with E-state index in [0.29, 0.717) is 85.7 Å². The van der Waals surface area contributed by atoms with Gasteiger partial charge in [0.05, 0.1) is 81.2 Å². The number of anilines is 4. The molecule has 1 N–H and O–H groups in total. The number of aliphatic imine (C=N–C) groups is 1. The lowest BCUT2D eigenvalue weighted by Gasteiger charge is -2.30. The van der Waals surface area contributed by atoms with Gasteiger partial charge in [-0.15, -0.1) is 0 Å². The Morgan fingerprint density at radius 2 is 1.42 bits per heavy atom. The number of hydrogen-bond donors (Lipinski definition) is 2. The summed E-state index contributed by atoms with van der Waals surface area (Å²) in [6.07, 6.45) is 3.43. The molecule has 2 atom stereocenters. The highest BCUT2D eigenvalue weighted by Gasteiger charge is 2.38. The zero-order chi connectivity index (χ0) is 48.2. The normalized spacial score (nSPS) is 16.6. The van der Waals surface area contributed by atoms with Gasteiger partial charge in [-0.2, -0.15) is 12.6 Å². The maximum absolute atomic E-state index is 14.2. The minimum atomic E-state index is -0.556. The van der Waals surface area contributed by atoms with Crippen molar-refractivity contribution >= 4 is 65.0 Å². The van der Waals surface area contributed by atoms with E-state index in [1.807, 2.05) is 105 Å². The van der Waals surface area contributed by atoms with E-state index >= 15 is 0 Å². The van der Waals surface area contributed by atoms with Crippen LogP contribution < -0.4 is 34.2 Å². The molecule has 0 spiro atoms. The fraction of sp³-hybridized carbons (Fsp3) is 0.370. The van der Waals surface area contributed by atoms with E-state index in [9.17, 15) is 14.4 Å². The SMILES string of the molecule is COCCOCCOCCC(=O)N(CC(C)(C)S)c1cc(COc2cc3c(cc2C)C(=O)N2c4ccccc4C[C@H]2CN3)cc(COc2cc3c(cc2OC)C(=O)N2c4ccccc4C[C@H]2C=N3)c1. The van der Waals surface area contributed by atoms with E-state index in [1.165, 1.54) is 5.56 Å². The topological polar surface area (TPSA) is 141 Å². The molecule has 0 unspecified atom stereocenters. The molecule has 0 saturated heterocycles. The van der Waals surface area contributed by atoms with Crippen LogP contribution in [0.5, 0.6) is 17.2 Å². The van der Waals surface area contributed by atoms with Crippen LogP contribution in [0.1, 0.15) is 68.8 Å². The number of hydrogen-bond acceptors (Lipinski definition) is 12. The third kappa shape index (κ3) is 10.5. The van der Waals surface area contributed by atoms with E-state index in [1.54, 1.807) is 36.2 Å². The Morgan fingerprint density at radius 1 is 0.768 bits per heavy atom. The molecular formula is C54H59N5O9S. The van der Waals surface area contributed by atoms with Crippen LogP contribution in [0.4, 0.5) is 28.4 Å². The van der Waals surface area contributed by atoms with Crippen molar-refractivity contribution in [3.05, 3.63) is 130 Å². The van der Waals surface area contributed by atoms with E-state index in [4.69, 9.17) is 46.0 Å². The molecule has 9 rings (SSSR count). The number of carbonyl (C=O) groups is 3. The van der Waals surface area contributed by atoms with Crippen LogP contribution in [0.3, 0.4) is 0 Å². The first-order valence-corrected chi connectivity index (χ1v) is 23.9. The van der Waals surface area contributed by atoms with Crippen LogP contribution in [0.2, 0.25) is 0 Å². The average molecular weight is 954 g/mol. The summed E-state index contributed by atoms with van der Waals surface area (Å²) < 4.78 is 34.8. The summed E-state index contributed by atoms with van der Waals surface area (Å²) in [6.45, 7) is 8.92. The first kappa shape index (κ1) is 47.7. The smallest absolute Gasteiger partial charge is 0.261 e. The lowest BCUT2D eigenvalue weighted by atomic mass is 10.1. The van der Waals surface area contributed by atoms with E-state index < -0.39 is 4.75 Å². The number of aryl methyl sites for hydroxylation is 1. The van der Waals surface area contributed by atoms with Crippen molar-refractivity contribution in [3.8, 4) is 17.2 Å². The molecule has 0 bridgehead atoms. The second-order valence-electron chi connectivity index (χ2n) is 18.4. The summed E-state index contributed by atoms with van der Waals surface area (Å²) in [5.41, 5.74) is 9.33. The Morgan fingerprint density at radius 3 is 2.13 bits per heavy atom. The number of fused-ring (bicyclic) bond motifs is 8. The highest BCUT2D eigenvalue weighted by molar-refractivity contribution is 7.81. The molecule has 4 aliphatic heterocycles. The molecule has 5 aromatic rings. The summed E-state index contributed by atoms with van der Waals surface area (Å²) in [7, 11) is 3.17. The molecule has 4 heterocycles. The van der Waals surface area contributed by atoms with Crippen molar-refractivity contribution < 1.29 is 42.8 Å². The quantitative estimate of drug-likeness (QED) is 0.0612. The predicted molar refractivity (Wildman–Crippen MR) is 271 cm³/mol. The van der Waals surface area contributed by atoms with Gasteiger partial charge in [0.1, 0.15) is 19.0 Å². The fourth-order valence-electron chi connectivity index (χ4n) is 9.47. The van der Waals surface area contributed by atoms with Crippen molar-refractivity contribution in [2.24, 2.45) is 4.99 Å². The Labute approximate surface area is 408 Å². The molecule has 14 nitrogen and oxygen atoms in total. The van der Waals surface area contributed by atoms with Gasteiger partial charge in [-0.3, -0.25) is 24.3 Å². The average Bonchev–Trinajstić information content (AvgIpc) is 3.83. The highest BCUT2D eigenvalue weighted by atomic mass is 32.1. The number of benzene rings is 5. The second kappa shape index (κ2) is 20.7. The summed E-state index contributed by atoms with van der Waals surface area (Å²) >= 11 is 4.86. The number of para-hydroxylation sites is 2. The standard InChI is InChI=1S/C54H59N5O9S/c1-34-20-42-44(55-29-40-24-37-10-6-8-12-46(37)58(40)52(42)61)27-48(34)67-31-35-21-36(23-39(22-35)57(33-54(2,3)69)51(60)14-15-65-18-19-66-17-16-63-4)32-68-50-28-45-43(26-49(50)64-5)53(62)59-41(30-56-45)25-38-11-7-9-13-47(38)59/h6-13,20-23,26-28,30,40-41,55,69H,14-19,24-25,29,31-33H2,1-5H3/t40-,41-/m0/s1. The molecule has 69 heavy (non-hydrogen) atoms. The molecule has 0 fully saturated rings. The van der Waals surface area contributed by atoms with Crippen LogP contribution in [0.15, 0.2) is 96.0 Å². The van der Waals surface area contributed by atoms with E-state index in [0.717, 1.165) is 45.7 Å². The molecule has 0 saturated carbocycles. The molecule has 15 heteroatoms. The van der Waals surface area contributed by atoms with Gasteiger partial charge in [-0.1, -0.05) is 36.4 Å². The van der Waals surface area contributed by atoms with Crippen molar-refractivity contribution in [3.63, 3.8) is 0 Å². The summed E-state index contributed by atoms with van der Waals surface area (Å²) in [5.74, 6) is 1.09. The molecule has 3 amide bonds. The second-order valence-corrected chi connectivity index (χ2v) is 19.6. The first-order valence-electron chi connectivity index (χ1n) is 23.4. The van der Waals surface area contributed by atoms with Gasteiger partial charge < -0.3 is 43.5 Å². The summed E-state index contributed by atoms with van der Waals surface area (Å²) in [6, 6.07) is 28.9. The van der Waals surface area contributed by atoms with Gasteiger partial charge in [0, 0.05) is 66.8 Å². The highest BCUT2D eigenvalue weighted by Crippen LogP contribution is 2.42. The number of ether oxygens (including phenoxy) is 6. The Bertz CT molecular complexity index is 2770. The van der Waals surface area contributed by atoms with E-state index in [2.05, 4.69) is 11.4 Å². The Balaban J connectivity index is 0.984. The lowest BCUT2D eigenvalue weighted by molar-refractivity contribution is -0.119. The minimum Gasteiger partial charge on any atom is -0.493 e. The Kier molecular flexibility index (Phi) is 14.3. The van der Waals surface area contributed by atoms with Crippen LogP contribution in [-0.2, 0) is 45.1 Å². The van der Waals surface area contributed by atoms with Gasteiger partial charge in [-0.25, -0.2) is 0 Å². The molecule has 0 radical (unpaired) electrons. The minimum absolute atomic E-state index is 0.00627. The van der Waals surface area contributed by atoms with Gasteiger partial charge >= 0.3 is 0 Å². The third-order valence-electron chi connectivity index (χ3n) is 12.7. The van der Waals surface area contributed by atoms with Crippen LogP contribution in [0.25, 0.3) is 0 Å². The number of rotatable bonds is 19. The van der Waals surface area contributed by atoms with Crippen molar-refractivity contribution in [2.45, 2.75) is 70.1 Å². The largest absolute Gasteiger partial charge is 0.493 e. The zero-order valence-electron chi connectivity index (χ0n) is 39.8. The number of carbonyl (C=O) groups excluding carboxylic acids is 3. The van der Waals surface area contributed by atoms with Crippen LogP contribution in [-0.4, -0.2) is 101 Å². The third-order valence-corrected chi connectivity index (χ3v) is 12.9. The van der Waals surface area contributed by atoms with Gasteiger partial charge in [0.15, 0.2) is 11.5 Å². The molecular weight excluding hydrogens is 895 g/mol. The maximum Gasteiger partial charge on any atom is 0.261 e. The molecule has 0 aliphatic carbocycles. The molecule has 4 aliphatic rings. The first-order chi connectivity index (χ1) is 33.4. The zero-order valence-corrected chi connectivity index (χ0v) is 40.7. The number of amides is 3. The number of nitrogens with one attached hydrogen (secondary N) is 1.